The fourth-order valence-corrected chi connectivity index (χ4v) is 3.22. The molecule has 0 bridgehead atoms. The first-order chi connectivity index (χ1) is 14.5. The maximum Gasteiger partial charge on any atom is 0.254 e. The van der Waals surface area contributed by atoms with Crippen LogP contribution in [0, 0.1) is 11.3 Å². The molecule has 2 aromatic carbocycles. The van der Waals surface area contributed by atoms with E-state index < -0.39 is 5.91 Å². The smallest absolute Gasteiger partial charge is 0.254 e. The predicted molar refractivity (Wildman–Crippen MR) is 112 cm³/mol. The van der Waals surface area contributed by atoms with Crippen molar-refractivity contribution in [3.8, 4) is 6.07 Å². The summed E-state index contributed by atoms with van der Waals surface area (Å²) in [6.45, 7) is -0.165. The summed E-state index contributed by atoms with van der Waals surface area (Å²) in [4.78, 5) is 20.4. The molecule has 0 spiro atoms. The summed E-state index contributed by atoms with van der Waals surface area (Å²) in [5, 5.41) is 25.0. The predicted octanol–water partition coefficient (Wildman–Crippen LogP) is 3.11. The molecule has 1 saturated carbocycles. The van der Waals surface area contributed by atoms with Gasteiger partial charge in [0.05, 0.1) is 18.1 Å². The van der Waals surface area contributed by atoms with E-state index in [1.807, 2.05) is 24.3 Å². The van der Waals surface area contributed by atoms with Crippen molar-refractivity contribution in [1.82, 2.24) is 9.97 Å². The standard InChI is InChI=1S/C22H20N6O2/c23-13-22(9-10-22)15-5-7-16(8-6-15)26-21-25-11-17(19(24)30)20(28-21)27-18-4-2-1-3-14(18)12-29/h1-8,11,29H,9-10,12H2,(H2,24,30)(H2,25,26,27,28). The second-order valence-electron chi connectivity index (χ2n) is 7.16. The number of hydrogen-bond acceptors (Lipinski definition) is 7. The summed E-state index contributed by atoms with van der Waals surface area (Å²) in [5.74, 6) is -0.154. The highest BCUT2D eigenvalue weighted by Gasteiger charge is 2.44. The molecule has 8 heteroatoms. The van der Waals surface area contributed by atoms with Gasteiger partial charge < -0.3 is 21.5 Å². The number of nitrogens with zero attached hydrogens (tertiary/aromatic N) is 3. The lowest BCUT2D eigenvalue weighted by atomic mass is 9.98. The Hall–Kier alpha value is -3.96. The first-order valence-corrected chi connectivity index (χ1v) is 9.46. The molecule has 30 heavy (non-hydrogen) atoms. The third-order valence-corrected chi connectivity index (χ3v) is 5.15. The first-order valence-electron chi connectivity index (χ1n) is 9.46. The molecule has 8 nitrogen and oxygen atoms in total. The van der Waals surface area contributed by atoms with Crippen molar-refractivity contribution < 1.29 is 9.90 Å². The Morgan fingerprint density at radius 1 is 1.17 bits per heavy atom. The summed E-state index contributed by atoms with van der Waals surface area (Å²) in [5.41, 5.74) is 8.28. The van der Waals surface area contributed by atoms with Crippen molar-refractivity contribution >= 4 is 29.0 Å². The van der Waals surface area contributed by atoms with Crippen molar-refractivity contribution in [2.45, 2.75) is 24.9 Å². The number of para-hydroxylation sites is 1. The molecule has 0 unspecified atom stereocenters. The first kappa shape index (κ1) is 19.4. The number of hydrogen-bond donors (Lipinski definition) is 4. The molecule has 0 aliphatic heterocycles. The monoisotopic (exact) mass is 400 g/mol. The number of nitriles is 1. The number of primary amides is 1. The van der Waals surface area contributed by atoms with E-state index in [-0.39, 0.29) is 29.4 Å². The highest BCUT2D eigenvalue weighted by atomic mass is 16.3. The van der Waals surface area contributed by atoms with Crippen LogP contribution in [0.1, 0.15) is 34.3 Å². The molecule has 150 valence electrons. The van der Waals surface area contributed by atoms with Gasteiger partial charge in [-0.2, -0.15) is 10.2 Å². The van der Waals surface area contributed by atoms with E-state index in [0.29, 0.717) is 11.3 Å². The molecule has 1 fully saturated rings. The topological polar surface area (TPSA) is 137 Å². The minimum atomic E-state index is -0.666. The van der Waals surface area contributed by atoms with E-state index in [1.165, 1.54) is 6.20 Å². The molecule has 1 heterocycles. The number of carbonyl (C=O) groups is 1. The zero-order chi connectivity index (χ0) is 21.1. The number of aliphatic hydroxyl groups is 1. The van der Waals surface area contributed by atoms with Crippen LogP contribution in [0.4, 0.5) is 23.1 Å². The number of benzene rings is 2. The molecule has 0 radical (unpaired) electrons. The molecule has 0 atom stereocenters. The Morgan fingerprint density at radius 2 is 1.90 bits per heavy atom. The Bertz CT molecular complexity index is 1130. The molecule has 1 aromatic heterocycles. The maximum atomic E-state index is 11.8. The van der Waals surface area contributed by atoms with Crippen LogP contribution in [0.2, 0.25) is 0 Å². The zero-order valence-corrected chi connectivity index (χ0v) is 16.1. The average Bonchev–Trinajstić information content (AvgIpc) is 3.56. The third kappa shape index (κ3) is 3.79. The molecule has 5 N–H and O–H groups in total. The molecule has 0 saturated heterocycles. The van der Waals surface area contributed by atoms with Gasteiger partial charge in [0.25, 0.3) is 5.91 Å². The molecule has 4 rings (SSSR count). The van der Waals surface area contributed by atoms with Gasteiger partial charge in [0.2, 0.25) is 5.95 Å². The third-order valence-electron chi connectivity index (χ3n) is 5.15. The van der Waals surface area contributed by atoms with Crippen LogP contribution < -0.4 is 16.4 Å². The quantitative estimate of drug-likeness (QED) is 0.478. The van der Waals surface area contributed by atoms with E-state index in [9.17, 15) is 15.2 Å². The van der Waals surface area contributed by atoms with Crippen LogP contribution in [0.25, 0.3) is 0 Å². The summed E-state index contributed by atoms with van der Waals surface area (Å²) < 4.78 is 0. The second-order valence-corrected chi connectivity index (χ2v) is 7.16. The van der Waals surface area contributed by atoms with Gasteiger partial charge in [0.15, 0.2) is 0 Å². The molecule has 1 aliphatic rings. The van der Waals surface area contributed by atoms with Crippen LogP contribution in [0.5, 0.6) is 0 Å². The second kappa shape index (κ2) is 7.81. The fourth-order valence-electron chi connectivity index (χ4n) is 3.22. The number of aromatic nitrogens is 2. The summed E-state index contributed by atoms with van der Waals surface area (Å²) in [7, 11) is 0. The van der Waals surface area contributed by atoms with Gasteiger partial charge in [-0.1, -0.05) is 30.3 Å². The number of anilines is 4. The van der Waals surface area contributed by atoms with Crippen molar-refractivity contribution in [1.29, 1.82) is 5.26 Å². The van der Waals surface area contributed by atoms with E-state index in [0.717, 1.165) is 24.1 Å². The number of nitrogens with two attached hydrogens (primary N) is 1. The summed E-state index contributed by atoms with van der Waals surface area (Å²) >= 11 is 0. The van der Waals surface area contributed by atoms with Crippen LogP contribution >= 0.6 is 0 Å². The number of nitrogens with one attached hydrogen (secondary N) is 2. The number of aliphatic hydroxyl groups excluding tert-OH is 1. The summed E-state index contributed by atoms with van der Waals surface area (Å²) in [6, 6.07) is 17.1. The molecule has 1 amide bonds. The lowest BCUT2D eigenvalue weighted by Gasteiger charge is -2.14. The highest BCUT2D eigenvalue weighted by molar-refractivity contribution is 5.98. The Labute approximate surface area is 173 Å². The lowest BCUT2D eigenvalue weighted by Crippen LogP contribution is -2.16. The van der Waals surface area contributed by atoms with Crippen molar-refractivity contribution in [3.05, 3.63) is 71.4 Å². The van der Waals surface area contributed by atoms with E-state index >= 15 is 0 Å². The van der Waals surface area contributed by atoms with Crippen molar-refractivity contribution in [3.63, 3.8) is 0 Å². The van der Waals surface area contributed by atoms with Gasteiger partial charge in [-0.25, -0.2) is 4.98 Å². The van der Waals surface area contributed by atoms with Crippen LogP contribution in [-0.2, 0) is 12.0 Å². The minimum Gasteiger partial charge on any atom is -0.392 e. The molecule has 3 aromatic rings. The van der Waals surface area contributed by atoms with E-state index in [4.69, 9.17) is 5.73 Å². The Morgan fingerprint density at radius 3 is 2.53 bits per heavy atom. The van der Waals surface area contributed by atoms with E-state index in [2.05, 4.69) is 26.7 Å². The molecular weight excluding hydrogens is 380 g/mol. The van der Waals surface area contributed by atoms with Crippen molar-refractivity contribution in [2.24, 2.45) is 5.73 Å². The fraction of sp³-hybridized carbons (Fsp3) is 0.182. The lowest BCUT2D eigenvalue weighted by molar-refractivity contribution is 0.100. The van der Waals surface area contributed by atoms with Gasteiger partial charge in [0.1, 0.15) is 11.4 Å². The van der Waals surface area contributed by atoms with Gasteiger partial charge in [-0.3, -0.25) is 4.79 Å². The minimum absolute atomic E-state index is 0.133. The molecule has 1 aliphatic carbocycles. The average molecular weight is 400 g/mol. The van der Waals surface area contributed by atoms with Gasteiger partial charge in [-0.05, 0) is 36.6 Å². The van der Waals surface area contributed by atoms with Gasteiger partial charge in [0, 0.05) is 23.1 Å². The largest absolute Gasteiger partial charge is 0.392 e. The Balaban J connectivity index is 1.59. The maximum absolute atomic E-state index is 11.8. The number of rotatable bonds is 7. The summed E-state index contributed by atoms with van der Waals surface area (Å²) in [6.07, 6.45) is 3.13. The van der Waals surface area contributed by atoms with Gasteiger partial charge in [-0.15, -0.1) is 0 Å². The van der Waals surface area contributed by atoms with Crippen LogP contribution in [0.15, 0.2) is 54.7 Å². The van der Waals surface area contributed by atoms with E-state index in [1.54, 1.807) is 24.3 Å². The Kier molecular flexibility index (Phi) is 5.04. The zero-order valence-electron chi connectivity index (χ0n) is 16.1. The van der Waals surface area contributed by atoms with Crippen molar-refractivity contribution in [2.75, 3.05) is 10.6 Å². The highest BCUT2D eigenvalue weighted by Crippen LogP contribution is 2.47. The van der Waals surface area contributed by atoms with Crippen LogP contribution in [-0.4, -0.2) is 21.0 Å². The van der Waals surface area contributed by atoms with Crippen LogP contribution in [0.3, 0.4) is 0 Å². The number of carbonyl (C=O) groups excluding carboxylic acids is 1. The van der Waals surface area contributed by atoms with Gasteiger partial charge >= 0.3 is 0 Å². The number of amides is 1. The normalized spacial score (nSPS) is 13.9. The molecular formula is C22H20N6O2. The SMILES string of the molecule is N#CC1(c2ccc(Nc3ncc(C(N)=O)c(Nc4ccccc4CO)n3)cc2)CC1.